The van der Waals surface area contributed by atoms with Crippen molar-refractivity contribution >= 4 is 29.7 Å². The highest BCUT2D eigenvalue weighted by Crippen LogP contribution is 2.19. The number of carbonyl (C=O) groups is 3. The van der Waals surface area contributed by atoms with E-state index in [1.54, 1.807) is 11.8 Å². The van der Waals surface area contributed by atoms with Crippen LogP contribution in [0.3, 0.4) is 0 Å². The zero-order valence-electron chi connectivity index (χ0n) is 10.5. The maximum atomic E-state index is 11.4. The van der Waals surface area contributed by atoms with Gasteiger partial charge in [-0.3, -0.25) is 4.79 Å². The van der Waals surface area contributed by atoms with Gasteiger partial charge < -0.3 is 20.8 Å². The molecule has 0 aliphatic heterocycles. The second-order valence-corrected chi connectivity index (χ2v) is 5.79. The molecule has 0 fully saturated rings. The van der Waals surface area contributed by atoms with Gasteiger partial charge in [0.25, 0.3) is 0 Å². The molecule has 0 radical (unpaired) electrons. The number of amides is 2. The van der Waals surface area contributed by atoms with Gasteiger partial charge in [0.15, 0.2) is 0 Å². The normalized spacial score (nSPS) is 12.6. The summed E-state index contributed by atoms with van der Waals surface area (Å²) in [5.41, 5.74) is 0. The van der Waals surface area contributed by atoms with Crippen molar-refractivity contribution in [3.05, 3.63) is 0 Å². The minimum atomic E-state index is -1.43. The molecule has 0 aliphatic rings. The molecule has 0 heterocycles. The zero-order valence-corrected chi connectivity index (χ0v) is 11.3. The molecular formula is C10H18N2O5S. The molecule has 0 saturated heterocycles. The first kappa shape index (κ1) is 16.6. The number of carbonyl (C=O) groups excluding carboxylic acids is 1. The van der Waals surface area contributed by atoms with E-state index in [0.29, 0.717) is 6.54 Å². The van der Waals surface area contributed by atoms with Gasteiger partial charge in [0.05, 0.1) is 6.42 Å². The Morgan fingerprint density at radius 3 is 2.22 bits per heavy atom. The molecule has 0 aromatic carbocycles. The Kier molecular flexibility index (Phi) is 6.53. The second-order valence-electron chi connectivity index (χ2n) is 4.28. The van der Waals surface area contributed by atoms with E-state index in [1.807, 2.05) is 20.1 Å². The molecule has 0 saturated carbocycles. The Labute approximate surface area is 109 Å². The molecule has 0 unspecified atom stereocenters. The Hall–Kier alpha value is -1.44. The van der Waals surface area contributed by atoms with Crippen molar-refractivity contribution < 1.29 is 24.6 Å². The number of hydrogen-bond donors (Lipinski definition) is 4. The van der Waals surface area contributed by atoms with Crippen LogP contribution >= 0.6 is 11.8 Å². The Bertz CT molecular complexity index is 332. The van der Waals surface area contributed by atoms with Crippen molar-refractivity contribution in [2.75, 3.05) is 12.8 Å². The smallest absolute Gasteiger partial charge is 0.326 e. The van der Waals surface area contributed by atoms with Crippen LogP contribution in [0.5, 0.6) is 0 Å². The molecule has 0 aromatic heterocycles. The fourth-order valence-electron chi connectivity index (χ4n) is 0.949. The van der Waals surface area contributed by atoms with Crippen LogP contribution in [0, 0.1) is 0 Å². The number of nitrogens with one attached hydrogen (secondary N) is 2. The summed E-state index contributed by atoms with van der Waals surface area (Å²) in [6.07, 6.45) is 1.23. The van der Waals surface area contributed by atoms with Crippen LogP contribution in [0.2, 0.25) is 0 Å². The average molecular weight is 278 g/mol. The molecule has 104 valence electrons. The number of carboxylic acid groups (broad SMARTS) is 2. The SMILES string of the molecule is CSC(C)(C)CNC(=O)N[C@H](CC(=O)O)C(=O)O. The lowest BCUT2D eigenvalue weighted by Gasteiger charge is -2.23. The van der Waals surface area contributed by atoms with Crippen LogP contribution in [-0.4, -0.2) is 51.8 Å². The summed E-state index contributed by atoms with van der Waals surface area (Å²) in [6.45, 7) is 4.19. The summed E-state index contributed by atoms with van der Waals surface area (Å²) < 4.78 is -0.178. The molecule has 2 amide bonds. The van der Waals surface area contributed by atoms with E-state index in [-0.39, 0.29) is 4.75 Å². The van der Waals surface area contributed by atoms with E-state index in [2.05, 4.69) is 10.6 Å². The standard InChI is InChI=1S/C10H18N2O5S/c1-10(2,18-3)5-11-9(17)12-6(8(15)16)4-7(13)14/h6H,4-5H2,1-3H3,(H,13,14)(H,15,16)(H2,11,12,17)/t6-/m1/s1. The van der Waals surface area contributed by atoms with Gasteiger partial charge in [-0.05, 0) is 20.1 Å². The van der Waals surface area contributed by atoms with Crippen LogP contribution < -0.4 is 10.6 Å². The van der Waals surface area contributed by atoms with E-state index in [1.165, 1.54) is 0 Å². The summed E-state index contributed by atoms with van der Waals surface area (Å²) in [6, 6.07) is -2.12. The first-order valence-corrected chi connectivity index (χ1v) is 6.44. The van der Waals surface area contributed by atoms with Gasteiger partial charge in [-0.25, -0.2) is 9.59 Å². The van der Waals surface area contributed by atoms with Crippen LogP contribution in [0.15, 0.2) is 0 Å². The minimum Gasteiger partial charge on any atom is -0.481 e. The number of carboxylic acids is 2. The highest BCUT2D eigenvalue weighted by atomic mass is 32.2. The third-order valence-corrected chi connectivity index (χ3v) is 3.46. The van der Waals surface area contributed by atoms with Crippen molar-refractivity contribution in [1.29, 1.82) is 0 Å². The minimum absolute atomic E-state index is 0.178. The van der Waals surface area contributed by atoms with Crippen LogP contribution in [0.25, 0.3) is 0 Å². The lowest BCUT2D eigenvalue weighted by Crippen LogP contribution is -2.49. The lowest BCUT2D eigenvalue weighted by molar-refractivity contribution is -0.145. The predicted molar refractivity (Wildman–Crippen MR) is 67.8 cm³/mol. The largest absolute Gasteiger partial charge is 0.481 e. The summed E-state index contributed by atoms with van der Waals surface area (Å²) in [5.74, 6) is -2.66. The molecule has 0 aliphatic carbocycles. The molecule has 0 rings (SSSR count). The Balaban J connectivity index is 4.27. The van der Waals surface area contributed by atoms with Gasteiger partial charge in [-0.15, -0.1) is 0 Å². The molecule has 8 heteroatoms. The molecular weight excluding hydrogens is 260 g/mol. The van der Waals surface area contributed by atoms with E-state index in [4.69, 9.17) is 10.2 Å². The predicted octanol–water partition coefficient (Wildman–Crippen LogP) is 0.355. The maximum absolute atomic E-state index is 11.4. The summed E-state index contributed by atoms with van der Waals surface area (Å²) >= 11 is 1.55. The fourth-order valence-corrected chi connectivity index (χ4v) is 1.17. The molecule has 0 spiro atoms. The van der Waals surface area contributed by atoms with E-state index in [9.17, 15) is 14.4 Å². The molecule has 4 N–H and O–H groups in total. The van der Waals surface area contributed by atoms with E-state index < -0.39 is 30.4 Å². The van der Waals surface area contributed by atoms with Gasteiger partial charge in [0.1, 0.15) is 6.04 Å². The molecule has 18 heavy (non-hydrogen) atoms. The van der Waals surface area contributed by atoms with Gasteiger partial charge in [-0.2, -0.15) is 11.8 Å². The van der Waals surface area contributed by atoms with Crippen molar-refractivity contribution in [2.45, 2.75) is 31.1 Å². The number of hydrogen-bond acceptors (Lipinski definition) is 4. The first-order chi connectivity index (χ1) is 8.18. The fraction of sp³-hybridized carbons (Fsp3) is 0.700. The number of urea groups is 1. The lowest BCUT2D eigenvalue weighted by atomic mass is 10.2. The summed E-state index contributed by atoms with van der Waals surface area (Å²) in [4.78, 5) is 32.6. The van der Waals surface area contributed by atoms with Crippen LogP contribution in [-0.2, 0) is 9.59 Å². The van der Waals surface area contributed by atoms with Crippen molar-refractivity contribution in [3.63, 3.8) is 0 Å². The second kappa shape index (κ2) is 7.10. The van der Waals surface area contributed by atoms with Crippen molar-refractivity contribution in [2.24, 2.45) is 0 Å². The summed E-state index contributed by atoms with van der Waals surface area (Å²) in [5, 5.41) is 21.8. The Morgan fingerprint density at radius 1 is 1.28 bits per heavy atom. The van der Waals surface area contributed by atoms with Gasteiger partial charge in [0.2, 0.25) is 0 Å². The van der Waals surface area contributed by atoms with Gasteiger partial charge in [-0.1, -0.05) is 0 Å². The molecule has 7 nitrogen and oxygen atoms in total. The van der Waals surface area contributed by atoms with E-state index >= 15 is 0 Å². The molecule has 1 atom stereocenters. The highest BCUT2D eigenvalue weighted by molar-refractivity contribution is 7.99. The van der Waals surface area contributed by atoms with Crippen LogP contribution in [0.1, 0.15) is 20.3 Å². The topological polar surface area (TPSA) is 116 Å². The van der Waals surface area contributed by atoms with Crippen molar-refractivity contribution in [1.82, 2.24) is 10.6 Å². The van der Waals surface area contributed by atoms with Crippen LogP contribution in [0.4, 0.5) is 4.79 Å². The third kappa shape index (κ3) is 7.00. The monoisotopic (exact) mass is 278 g/mol. The van der Waals surface area contributed by atoms with Crippen molar-refractivity contribution in [3.8, 4) is 0 Å². The maximum Gasteiger partial charge on any atom is 0.326 e. The quantitative estimate of drug-likeness (QED) is 0.534. The number of aliphatic carboxylic acids is 2. The number of thioether (sulfide) groups is 1. The summed E-state index contributed by atoms with van der Waals surface area (Å²) in [7, 11) is 0. The molecule has 0 aromatic rings. The third-order valence-electron chi connectivity index (χ3n) is 2.21. The van der Waals surface area contributed by atoms with Gasteiger partial charge in [0, 0.05) is 11.3 Å². The first-order valence-electron chi connectivity index (χ1n) is 5.22. The molecule has 0 bridgehead atoms. The highest BCUT2D eigenvalue weighted by Gasteiger charge is 2.24. The average Bonchev–Trinajstić information content (AvgIpc) is 2.25. The Morgan fingerprint density at radius 2 is 1.83 bits per heavy atom. The zero-order chi connectivity index (χ0) is 14.3. The number of rotatable bonds is 7. The van der Waals surface area contributed by atoms with E-state index in [0.717, 1.165) is 0 Å². The van der Waals surface area contributed by atoms with Gasteiger partial charge >= 0.3 is 18.0 Å².